The second-order valence-corrected chi connectivity index (χ2v) is 33.9. The van der Waals surface area contributed by atoms with Gasteiger partial charge >= 0.3 is 0 Å². The summed E-state index contributed by atoms with van der Waals surface area (Å²) in [6.07, 6.45) is 39.5. The molecule has 16 bridgehead atoms. The van der Waals surface area contributed by atoms with Crippen molar-refractivity contribution in [3.63, 3.8) is 0 Å². The van der Waals surface area contributed by atoms with Gasteiger partial charge in [0, 0.05) is 52.4 Å². The third-order valence-corrected chi connectivity index (χ3v) is 26.5. The lowest BCUT2D eigenvalue weighted by Crippen LogP contribution is -2.49. The van der Waals surface area contributed by atoms with Gasteiger partial charge in [0.05, 0.1) is 7.11 Å². The van der Waals surface area contributed by atoms with Gasteiger partial charge in [-0.2, -0.15) is 19.9 Å². The van der Waals surface area contributed by atoms with Crippen LogP contribution in [0.5, 0.6) is 5.75 Å². The quantitative estimate of drug-likeness (QED) is 0.0846. The largest absolute Gasteiger partial charge is 0.497 e. The number of aryl methyl sites for hydroxylation is 8. The Kier molecular flexibility index (Phi) is 17.2. The number of benzene rings is 4. The standard InChI is InChI=1S/C21H26N2O2.C20H23ClN2O.C20H23FN2O.C20H24N2O/c1-24-18-5-2-14(3-6-18)4-7-19-22-20(23-25-19)21-11-15-8-16(12-21)10-17(9-15)13-21;2*21-17-4-1-13(2-5-17)3-6-18-22-19(23-24-18)20-10-14-7-15(11-20)9-16(8-14)12-20;1-2-4-14(5-3-1)6-7-18-21-19(22-23-18)20-11-15-8-16(12-20)10-17(9-15)13-20/h2-3,5-6,15-17H,4,7-13H2,1H3;2*1-2,4-5,14-16H,3,6-12H2;1-5,15-17H,6-13H2. The van der Waals surface area contributed by atoms with Gasteiger partial charge in [-0.25, -0.2) is 4.39 Å². The molecule has 16 aliphatic carbocycles. The highest BCUT2D eigenvalue weighted by Gasteiger charge is 2.57. The maximum Gasteiger partial charge on any atom is 0.226 e. The van der Waals surface area contributed by atoms with E-state index in [0.717, 1.165) is 186 Å². The molecule has 13 nitrogen and oxygen atoms in total. The Bertz CT molecular complexity index is 3660. The van der Waals surface area contributed by atoms with E-state index in [4.69, 9.17) is 54.4 Å². The topological polar surface area (TPSA) is 165 Å². The fourth-order valence-electron chi connectivity index (χ4n) is 23.6. The number of halogens is 2. The highest BCUT2D eigenvalue weighted by atomic mass is 35.5. The zero-order valence-corrected chi connectivity index (χ0v) is 57.0. The van der Waals surface area contributed by atoms with Gasteiger partial charge in [-0.1, -0.05) is 99.0 Å². The van der Waals surface area contributed by atoms with Crippen LogP contribution in [0.15, 0.2) is 121 Å². The van der Waals surface area contributed by atoms with Crippen molar-refractivity contribution in [1.29, 1.82) is 0 Å². The van der Waals surface area contributed by atoms with E-state index in [1.807, 2.05) is 36.4 Å². The van der Waals surface area contributed by atoms with E-state index in [0.29, 0.717) is 0 Å². The second-order valence-electron chi connectivity index (χ2n) is 33.4. The molecule has 0 aliphatic heterocycles. The Hall–Kier alpha value is -6.54. The lowest BCUT2D eigenvalue weighted by molar-refractivity contribution is -0.0104. The Morgan fingerprint density at radius 1 is 0.333 bits per heavy atom. The molecule has 0 atom stereocenters. The van der Waals surface area contributed by atoms with E-state index in [9.17, 15) is 4.39 Å². The third kappa shape index (κ3) is 13.3. The Morgan fingerprint density at radius 2 is 0.573 bits per heavy atom. The molecule has 4 aromatic heterocycles. The summed E-state index contributed by atoms with van der Waals surface area (Å²) in [6.45, 7) is 0. The number of aromatic nitrogens is 8. The van der Waals surface area contributed by atoms with Gasteiger partial charge in [-0.3, -0.25) is 0 Å². The van der Waals surface area contributed by atoms with Gasteiger partial charge < -0.3 is 22.8 Å². The van der Waals surface area contributed by atoms with Crippen molar-refractivity contribution in [3.05, 3.63) is 183 Å². The molecule has 15 heteroatoms. The third-order valence-electron chi connectivity index (χ3n) is 26.3. The van der Waals surface area contributed by atoms with Crippen LogP contribution in [0.3, 0.4) is 0 Å². The van der Waals surface area contributed by atoms with Crippen LogP contribution in [0.1, 0.15) is 223 Å². The van der Waals surface area contributed by atoms with Crippen molar-refractivity contribution in [1.82, 2.24) is 40.6 Å². The van der Waals surface area contributed by atoms with Crippen LogP contribution in [0.4, 0.5) is 4.39 Å². The predicted molar refractivity (Wildman–Crippen MR) is 364 cm³/mol. The van der Waals surface area contributed by atoms with Gasteiger partial charge in [0.2, 0.25) is 23.6 Å². The molecule has 8 aromatic rings. The van der Waals surface area contributed by atoms with E-state index in [1.165, 1.54) is 183 Å². The molecule has 4 aromatic carbocycles. The van der Waals surface area contributed by atoms with Gasteiger partial charge in [0.15, 0.2) is 23.3 Å². The summed E-state index contributed by atoms with van der Waals surface area (Å²) >= 11 is 5.94. The number of hydrogen-bond acceptors (Lipinski definition) is 13. The highest BCUT2D eigenvalue weighted by molar-refractivity contribution is 6.30. The maximum absolute atomic E-state index is 13.0. The minimum absolute atomic E-state index is 0.194. The molecule has 504 valence electrons. The molecule has 16 saturated carbocycles. The lowest BCUT2D eigenvalue weighted by Gasteiger charge is -2.55. The summed E-state index contributed by atoms with van der Waals surface area (Å²) < 4.78 is 40.6. The van der Waals surface area contributed by atoms with Crippen molar-refractivity contribution < 1.29 is 27.2 Å². The van der Waals surface area contributed by atoms with E-state index in [2.05, 4.69) is 75.2 Å². The van der Waals surface area contributed by atoms with Crippen molar-refractivity contribution >= 4 is 11.6 Å². The zero-order valence-electron chi connectivity index (χ0n) is 56.2. The Balaban J connectivity index is 0.0000000968. The molecule has 0 unspecified atom stereocenters. The first-order valence-corrected chi connectivity index (χ1v) is 37.7. The molecule has 0 saturated heterocycles. The molecule has 24 rings (SSSR count). The first-order valence-electron chi connectivity index (χ1n) is 37.4. The van der Waals surface area contributed by atoms with Crippen LogP contribution in [0.2, 0.25) is 5.02 Å². The van der Waals surface area contributed by atoms with E-state index in [-0.39, 0.29) is 27.5 Å². The summed E-state index contributed by atoms with van der Waals surface area (Å²) in [6, 6.07) is 33.4. The summed E-state index contributed by atoms with van der Waals surface area (Å²) in [5.74, 6) is 18.7. The van der Waals surface area contributed by atoms with Crippen LogP contribution in [0, 0.1) is 76.8 Å². The number of ether oxygens (including phenoxy) is 1. The van der Waals surface area contributed by atoms with Gasteiger partial charge in [-0.15, -0.1) is 0 Å². The molecule has 96 heavy (non-hydrogen) atoms. The summed E-state index contributed by atoms with van der Waals surface area (Å²) in [4.78, 5) is 19.3. The Labute approximate surface area is 570 Å². The van der Waals surface area contributed by atoms with Crippen LogP contribution in [-0.2, 0) is 73.0 Å². The smallest absolute Gasteiger partial charge is 0.226 e. The molecular formula is C81H96ClFN8O5. The zero-order chi connectivity index (χ0) is 64.4. The summed E-state index contributed by atoms with van der Waals surface area (Å²) in [7, 11) is 1.69. The molecule has 4 heterocycles. The van der Waals surface area contributed by atoms with Crippen LogP contribution >= 0.6 is 11.6 Å². The van der Waals surface area contributed by atoms with Crippen LogP contribution in [0.25, 0.3) is 0 Å². The van der Waals surface area contributed by atoms with E-state index in [1.54, 1.807) is 7.11 Å². The monoisotopic (exact) mass is 1310 g/mol. The minimum Gasteiger partial charge on any atom is -0.497 e. The number of hydrogen-bond donors (Lipinski definition) is 0. The SMILES string of the molecule is COc1ccc(CCc2nc(C34CC5CC(CC(C5)C3)C4)no2)cc1.Clc1ccc(CCc2nc(C34CC5CC(CC(C5)C3)C4)no2)cc1.Fc1ccc(CCc2nc(C34CC5CC(CC(C5)C3)C4)no2)cc1.c1ccc(CCc2nc(C34CC5CC(CC(C5)C3)C4)no2)cc1. The molecule has 16 aliphatic rings. The average molecular weight is 1320 g/mol. The highest BCUT2D eigenvalue weighted by Crippen LogP contribution is 2.64. The van der Waals surface area contributed by atoms with Crippen molar-refractivity contribution in [2.45, 2.75) is 227 Å². The molecular weight excluding hydrogens is 1220 g/mol. The van der Waals surface area contributed by atoms with Crippen molar-refractivity contribution in [3.8, 4) is 5.75 Å². The second kappa shape index (κ2) is 26.3. The number of rotatable bonds is 17. The van der Waals surface area contributed by atoms with E-state index < -0.39 is 0 Å². The van der Waals surface area contributed by atoms with Gasteiger partial charge in [-0.05, 0) is 309 Å². The fourth-order valence-corrected chi connectivity index (χ4v) is 23.7. The first-order chi connectivity index (χ1) is 46.9. The average Bonchev–Trinajstić information content (AvgIpc) is 0.888. The normalized spacial score (nSPS) is 33.9. The molecule has 0 radical (unpaired) electrons. The molecule has 0 spiro atoms. The van der Waals surface area contributed by atoms with Crippen LogP contribution < -0.4 is 4.74 Å². The lowest BCUT2D eigenvalue weighted by atomic mass is 9.49. The first kappa shape index (κ1) is 62.9. The van der Waals surface area contributed by atoms with Gasteiger partial charge in [0.1, 0.15) is 11.6 Å². The molecule has 0 amide bonds. The van der Waals surface area contributed by atoms with Gasteiger partial charge in [0.25, 0.3) is 0 Å². The number of methoxy groups -OCH3 is 1. The summed E-state index contributed by atoms with van der Waals surface area (Å²) in [5.41, 5.74) is 5.89. The predicted octanol–water partition coefficient (Wildman–Crippen LogP) is 18.1. The summed E-state index contributed by atoms with van der Waals surface area (Å²) in [5, 5.41) is 18.5. The van der Waals surface area contributed by atoms with Crippen LogP contribution in [-0.4, -0.2) is 47.7 Å². The molecule has 0 N–H and O–H groups in total. The minimum atomic E-state index is -0.194. The van der Waals surface area contributed by atoms with Crippen molar-refractivity contribution in [2.75, 3.05) is 7.11 Å². The van der Waals surface area contributed by atoms with E-state index >= 15 is 0 Å². The Morgan fingerprint density at radius 3 is 0.833 bits per heavy atom. The number of nitrogens with zero attached hydrogens (tertiary/aromatic N) is 8. The fraction of sp³-hybridized carbons (Fsp3) is 0.605. The molecule has 16 fully saturated rings. The van der Waals surface area contributed by atoms with Crippen molar-refractivity contribution in [2.24, 2.45) is 71.0 Å². The maximum atomic E-state index is 13.0.